The molecule has 1 heterocycles. The molecular formula is C19H29FN2O. The second kappa shape index (κ2) is 7.91. The summed E-state index contributed by atoms with van der Waals surface area (Å²) in [6, 6.07) is 6.55. The molecule has 3 nitrogen and oxygen atoms in total. The summed E-state index contributed by atoms with van der Waals surface area (Å²) >= 11 is 0. The summed E-state index contributed by atoms with van der Waals surface area (Å²) < 4.78 is 12.8. The van der Waals surface area contributed by atoms with Crippen molar-refractivity contribution in [2.24, 2.45) is 5.41 Å². The molecule has 0 unspecified atom stereocenters. The third kappa shape index (κ3) is 6.30. The Balaban J connectivity index is 1.68. The molecule has 0 atom stereocenters. The summed E-state index contributed by atoms with van der Waals surface area (Å²) in [6.07, 6.45) is 2.24. The lowest BCUT2D eigenvalue weighted by atomic mass is 9.96. The van der Waals surface area contributed by atoms with Crippen molar-refractivity contribution >= 4 is 5.91 Å². The maximum atomic E-state index is 12.8. The second-order valence-electron chi connectivity index (χ2n) is 7.70. The van der Waals surface area contributed by atoms with Gasteiger partial charge in [0, 0.05) is 39.1 Å². The Hall–Kier alpha value is -1.42. The molecule has 1 fully saturated rings. The zero-order chi connectivity index (χ0) is 16.9. The van der Waals surface area contributed by atoms with Crippen molar-refractivity contribution in [3.05, 3.63) is 35.6 Å². The highest BCUT2D eigenvalue weighted by Crippen LogP contribution is 2.17. The van der Waals surface area contributed by atoms with Crippen LogP contribution >= 0.6 is 0 Å². The molecule has 1 saturated heterocycles. The van der Waals surface area contributed by atoms with Crippen LogP contribution in [0.15, 0.2) is 24.3 Å². The van der Waals surface area contributed by atoms with Gasteiger partial charge in [-0.1, -0.05) is 32.9 Å². The van der Waals surface area contributed by atoms with Gasteiger partial charge in [0.1, 0.15) is 5.82 Å². The van der Waals surface area contributed by atoms with E-state index < -0.39 is 0 Å². The standard InChI is InChI=1S/C19H29FN2O/c1-19(2,3)15-21-11-13-22(14-12-21)18(23)6-4-5-16-7-9-17(20)10-8-16/h7-10H,4-6,11-15H2,1-3H3. The van der Waals surface area contributed by atoms with Crippen LogP contribution in [-0.2, 0) is 11.2 Å². The minimum absolute atomic E-state index is 0.210. The maximum Gasteiger partial charge on any atom is 0.222 e. The fourth-order valence-electron chi connectivity index (χ4n) is 3.08. The predicted molar refractivity (Wildman–Crippen MR) is 91.8 cm³/mol. The maximum absolute atomic E-state index is 12.8. The third-order valence-corrected chi connectivity index (χ3v) is 4.19. The van der Waals surface area contributed by atoms with Crippen molar-refractivity contribution in [1.29, 1.82) is 0 Å². The van der Waals surface area contributed by atoms with Gasteiger partial charge in [0.25, 0.3) is 0 Å². The van der Waals surface area contributed by atoms with E-state index in [-0.39, 0.29) is 11.7 Å². The predicted octanol–water partition coefficient (Wildman–Crippen LogP) is 3.34. The van der Waals surface area contributed by atoms with E-state index in [1.165, 1.54) is 12.1 Å². The highest BCUT2D eigenvalue weighted by molar-refractivity contribution is 5.76. The summed E-state index contributed by atoms with van der Waals surface area (Å²) in [5, 5.41) is 0. The molecule has 4 heteroatoms. The van der Waals surface area contributed by atoms with Crippen LogP contribution in [0.1, 0.15) is 39.2 Å². The number of halogens is 1. The molecule has 1 aromatic carbocycles. The minimum atomic E-state index is -0.210. The topological polar surface area (TPSA) is 23.6 Å². The monoisotopic (exact) mass is 320 g/mol. The van der Waals surface area contributed by atoms with Crippen LogP contribution in [0.5, 0.6) is 0 Å². The zero-order valence-corrected chi connectivity index (χ0v) is 14.6. The lowest BCUT2D eigenvalue weighted by Gasteiger charge is -2.37. The highest BCUT2D eigenvalue weighted by Gasteiger charge is 2.23. The van der Waals surface area contributed by atoms with Crippen molar-refractivity contribution in [3.8, 4) is 0 Å². The lowest BCUT2D eigenvalue weighted by Crippen LogP contribution is -2.50. The number of aryl methyl sites for hydroxylation is 1. The molecule has 0 aromatic heterocycles. The first-order chi connectivity index (χ1) is 10.8. The van der Waals surface area contributed by atoms with Gasteiger partial charge in [0.2, 0.25) is 5.91 Å². The molecule has 1 aromatic rings. The van der Waals surface area contributed by atoms with Crippen LogP contribution in [0, 0.1) is 11.2 Å². The van der Waals surface area contributed by atoms with Crippen LogP contribution in [0.3, 0.4) is 0 Å². The van der Waals surface area contributed by atoms with Gasteiger partial charge in [-0.2, -0.15) is 0 Å². The fraction of sp³-hybridized carbons (Fsp3) is 0.632. The average Bonchev–Trinajstić information content (AvgIpc) is 2.48. The van der Waals surface area contributed by atoms with Gasteiger partial charge in [-0.05, 0) is 36.0 Å². The molecule has 0 aliphatic carbocycles. The number of rotatable bonds is 5. The molecular weight excluding hydrogens is 291 g/mol. The molecule has 128 valence electrons. The fourth-order valence-corrected chi connectivity index (χ4v) is 3.08. The lowest BCUT2D eigenvalue weighted by molar-refractivity contribution is -0.133. The number of benzene rings is 1. The number of hydrogen-bond donors (Lipinski definition) is 0. The Morgan fingerprint density at radius 2 is 1.70 bits per heavy atom. The Bertz CT molecular complexity index is 499. The van der Waals surface area contributed by atoms with E-state index in [1.54, 1.807) is 12.1 Å². The van der Waals surface area contributed by atoms with Crippen LogP contribution in [0.4, 0.5) is 4.39 Å². The van der Waals surface area contributed by atoms with Crippen LogP contribution in [-0.4, -0.2) is 48.4 Å². The van der Waals surface area contributed by atoms with Gasteiger partial charge in [-0.25, -0.2) is 4.39 Å². The molecule has 1 amide bonds. The quantitative estimate of drug-likeness (QED) is 0.831. The summed E-state index contributed by atoms with van der Waals surface area (Å²) in [4.78, 5) is 16.7. The SMILES string of the molecule is CC(C)(C)CN1CCN(C(=O)CCCc2ccc(F)cc2)CC1. The molecule has 1 aliphatic heterocycles. The number of piperazine rings is 1. The van der Waals surface area contributed by atoms with Crippen LogP contribution in [0.25, 0.3) is 0 Å². The summed E-state index contributed by atoms with van der Waals surface area (Å²) in [6.45, 7) is 11.5. The largest absolute Gasteiger partial charge is 0.340 e. The summed E-state index contributed by atoms with van der Waals surface area (Å²) in [5.41, 5.74) is 1.40. The number of nitrogens with zero attached hydrogens (tertiary/aromatic N) is 2. The summed E-state index contributed by atoms with van der Waals surface area (Å²) in [7, 11) is 0. The van der Waals surface area contributed by atoms with E-state index in [0.29, 0.717) is 11.8 Å². The number of carbonyl (C=O) groups excluding carboxylic acids is 1. The minimum Gasteiger partial charge on any atom is -0.340 e. The first-order valence-electron chi connectivity index (χ1n) is 8.58. The van der Waals surface area contributed by atoms with E-state index in [9.17, 15) is 9.18 Å². The van der Waals surface area contributed by atoms with Crippen molar-refractivity contribution in [1.82, 2.24) is 9.80 Å². The Morgan fingerprint density at radius 1 is 1.09 bits per heavy atom. The normalized spacial score (nSPS) is 16.6. The molecule has 0 bridgehead atoms. The second-order valence-corrected chi connectivity index (χ2v) is 7.70. The molecule has 0 N–H and O–H groups in total. The van der Waals surface area contributed by atoms with Crippen molar-refractivity contribution in [2.45, 2.75) is 40.0 Å². The third-order valence-electron chi connectivity index (χ3n) is 4.19. The highest BCUT2D eigenvalue weighted by atomic mass is 19.1. The first kappa shape index (κ1) is 17.9. The van der Waals surface area contributed by atoms with E-state index >= 15 is 0 Å². The smallest absolute Gasteiger partial charge is 0.222 e. The zero-order valence-electron chi connectivity index (χ0n) is 14.6. The molecule has 0 saturated carbocycles. The average molecular weight is 320 g/mol. The summed E-state index contributed by atoms with van der Waals surface area (Å²) in [5.74, 6) is 0.0421. The molecule has 1 aliphatic rings. The van der Waals surface area contributed by atoms with Gasteiger partial charge in [0.05, 0.1) is 0 Å². The number of hydrogen-bond acceptors (Lipinski definition) is 2. The Kier molecular flexibility index (Phi) is 6.17. The van der Waals surface area contributed by atoms with E-state index in [0.717, 1.165) is 51.1 Å². The van der Waals surface area contributed by atoms with Crippen molar-refractivity contribution in [3.63, 3.8) is 0 Å². The van der Waals surface area contributed by atoms with E-state index in [4.69, 9.17) is 0 Å². The van der Waals surface area contributed by atoms with E-state index in [1.807, 2.05) is 4.90 Å². The number of carbonyl (C=O) groups is 1. The Labute approximate surface area is 139 Å². The van der Waals surface area contributed by atoms with Gasteiger partial charge >= 0.3 is 0 Å². The number of amides is 1. The van der Waals surface area contributed by atoms with Gasteiger partial charge < -0.3 is 4.90 Å². The molecule has 0 spiro atoms. The van der Waals surface area contributed by atoms with Gasteiger partial charge in [-0.15, -0.1) is 0 Å². The van der Waals surface area contributed by atoms with Crippen LogP contribution < -0.4 is 0 Å². The molecule has 23 heavy (non-hydrogen) atoms. The van der Waals surface area contributed by atoms with Gasteiger partial charge in [-0.3, -0.25) is 9.69 Å². The van der Waals surface area contributed by atoms with Crippen molar-refractivity contribution < 1.29 is 9.18 Å². The van der Waals surface area contributed by atoms with Gasteiger partial charge in [0.15, 0.2) is 0 Å². The Morgan fingerprint density at radius 3 is 2.26 bits per heavy atom. The first-order valence-corrected chi connectivity index (χ1v) is 8.58. The molecule has 0 radical (unpaired) electrons. The van der Waals surface area contributed by atoms with E-state index in [2.05, 4.69) is 25.7 Å². The molecule has 2 rings (SSSR count). The van der Waals surface area contributed by atoms with Crippen molar-refractivity contribution in [2.75, 3.05) is 32.7 Å². The van der Waals surface area contributed by atoms with Crippen LogP contribution in [0.2, 0.25) is 0 Å².